The van der Waals surface area contributed by atoms with Crippen molar-refractivity contribution in [3.8, 4) is 5.75 Å². The zero-order valence-electron chi connectivity index (χ0n) is 13.7. The molecule has 0 radical (unpaired) electrons. The van der Waals surface area contributed by atoms with Gasteiger partial charge < -0.3 is 15.0 Å². The van der Waals surface area contributed by atoms with E-state index in [0.717, 1.165) is 0 Å². The number of ether oxygens (including phenoxy) is 1. The van der Waals surface area contributed by atoms with Crippen LogP contribution < -0.4 is 10.1 Å². The van der Waals surface area contributed by atoms with Crippen LogP contribution in [-0.4, -0.2) is 43.5 Å². The minimum Gasteiger partial charge on any atom is -0.492 e. The Labute approximate surface area is 156 Å². The highest BCUT2D eigenvalue weighted by Gasteiger charge is 2.12. The Morgan fingerprint density at radius 3 is 2.44 bits per heavy atom. The Hall–Kier alpha value is -2.24. The van der Waals surface area contributed by atoms with Gasteiger partial charge in [0.2, 0.25) is 5.91 Å². The number of likely N-dealkylation sites (N-methyl/N-ethyl adjacent to an activating group) is 1. The minimum atomic E-state index is -0.348. The van der Waals surface area contributed by atoms with Gasteiger partial charge >= 0.3 is 0 Å². The van der Waals surface area contributed by atoms with Crippen LogP contribution >= 0.6 is 23.2 Å². The SMILES string of the molecule is CN(CCOc1cccc(Cl)c1)C(=O)CNC(=O)c1cccc(Cl)c1. The number of carbonyl (C=O) groups is 2. The topological polar surface area (TPSA) is 58.6 Å². The second kappa shape index (κ2) is 9.30. The molecule has 0 aliphatic heterocycles. The summed E-state index contributed by atoms with van der Waals surface area (Å²) in [6.07, 6.45) is 0. The number of benzene rings is 2. The van der Waals surface area contributed by atoms with Gasteiger partial charge in [0.25, 0.3) is 5.91 Å². The average molecular weight is 381 g/mol. The van der Waals surface area contributed by atoms with Gasteiger partial charge in [-0.25, -0.2) is 0 Å². The van der Waals surface area contributed by atoms with Crippen molar-refractivity contribution >= 4 is 35.0 Å². The summed E-state index contributed by atoms with van der Waals surface area (Å²) in [5.41, 5.74) is 0.409. The van der Waals surface area contributed by atoms with E-state index in [9.17, 15) is 9.59 Å². The molecule has 2 aromatic carbocycles. The van der Waals surface area contributed by atoms with Crippen molar-refractivity contribution in [2.45, 2.75) is 0 Å². The van der Waals surface area contributed by atoms with Crippen LogP contribution in [-0.2, 0) is 4.79 Å². The normalized spacial score (nSPS) is 10.2. The van der Waals surface area contributed by atoms with Crippen molar-refractivity contribution < 1.29 is 14.3 Å². The third-order valence-corrected chi connectivity index (χ3v) is 3.87. The zero-order chi connectivity index (χ0) is 18.2. The van der Waals surface area contributed by atoms with Crippen molar-refractivity contribution in [1.82, 2.24) is 10.2 Å². The lowest BCUT2D eigenvalue weighted by molar-refractivity contribution is -0.129. The number of halogens is 2. The van der Waals surface area contributed by atoms with E-state index in [2.05, 4.69) is 5.32 Å². The Morgan fingerprint density at radius 2 is 1.76 bits per heavy atom. The van der Waals surface area contributed by atoms with E-state index in [0.29, 0.717) is 34.5 Å². The Balaban J connectivity index is 1.73. The molecule has 2 rings (SSSR count). The predicted octanol–water partition coefficient (Wildman–Crippen LogP) is 3.26. The molecule has 0 aliphatic rings. The van der Waals surface area contributed by atoms with Crippen molar-refractivity contribution in [2.75, 3.05) is 26.7 Å². The molecule has 0 aromatic heterocycles. The van der Waals surface area contributed by atoms with E-state index in [-0.39, 0.29) is 18.4 Å². The third kappa shape index (κ3) is 6.29. The fourth-order valence-corrected chi connectivity index (χ4v) is 2.38. The summed E-state index contributed by atoms with van der Waals surface area (Å²) in [5, 5.41) is 3.63. The molecule has 0 unspecified atom stereocenters. The van der Waals surface area contributed by atoms with Crippen molar-refractivity contribution in [3.05, 3.63) is 64.1 Å². The number of amides is 2. The van der Waals surface area contributed by atoms with Gasteiger partial charge in [-0.15, -0.1) is 0 Å². The summed E-state index contributed by atoms with van der Waals surface area (Å²) in [5.74, 6) is 0.0760. The largest absolute Gasteiger partial charge is 0.492 e. The number of hydrogen-bond acceptors (Lipinski definition) is 3. The monoisotopic (exact) mass is 380 g/mol. The van der Waals surface area contributed by atoms with Crippen LogP contribution in [0.3, 0.4) is 0 Å². The van der Waals surface area contributed by atoms with Crippen molar-refractivity contribution in [3.63, 3.8) is 0 Å². The smallest absolute Gasteiger partial charge is 0.251 e. The summed E-state index contributed by atoms with van der Waals surface area (Å²) in [7, 11) is 1.65. The molecule has 0 spiro atoms. The van der Waals surface area contributed by atoms with E-state index in [1.54, 1.807) is 55.6 Å². The second-order valence-corrected chi connectivity index (χ2v) is 6.19. The van der Waals surface area contributed by atoms with Gasteiger partial charge in [-0.1, -0.05) is 35.3 Å². The molecule has 0 heterocycles. The quantitative estimate of drug-likeness (QED) is 0.801. The molecular formula is C18H18Cl2N2O3. The first-order valence-corrected chi connectivity index (χ1v) is 8.37. The Bertz CT molecular complexity index is 753. The highest BCUT2D eigenvalue weighted by atomic mass is 35.5. The fraction of sp³-hybridized carbons (Fsp3) is 0.222. The van der Waals surface area contributed by atoms with Crippen LogP contribution in [0, 0.1) is 0 Å². The maximum Gasteiger partial charge on any atom is 0.251 e. The van der Waals surface area contributed by atoms with Gasteiger partial charge in [-0.05, 0) is 36.4 Å². The number of hydrogen-bond donors (Lipinski definition) is 1. The van der Waals surface area contributed by atoms with Crippen LogP contribution in [0.1, 0.15) is 10.4 Å². The molecule has 132 valence electrons. The van der Waals surface area contributed by atoms with Gasteiger partial charge in [0, 0.05) is 22.7 Å². The molecule has 0 saturated carbocycles. The van der Waals surface area contributed by atoms with Gasteiger partial charge in [0.15, 0.2) is 0 Å². The number of nitrogens with zero attached hydrogens (tertiary/aromatic N) is 1. The van der Waals surface area contributed by atoms with Gasteiger partial charge in [-0.3, -0.25) is 9.59 Å². The lowest BCUT2D eigenvalue weighted by atomic mass is 10.2. The molecule has 5 nitrogen and oxygen atoms in total. The Kier molecular flexibility index (Phi) is 7.10. The van der Waals surface area contributed by atoms with Crippen molar-refractivity contribution in [2.24, 2.45) is 0 Å². The molecule has 0 fully saturated rings. The first kappa shape index (κ1) is 19.1. The summed E-state index contributed by atoms with van der Waals surface area (Å²) < 4.78 is 5.54. The molecule has 7 heteroatoms. The van der Waals surface area contributed by atoms with E-state index >= 15 is 0 Å². The molecule has 0 aliphatic carbocycles. The maximum absolute atomic E-state index is 12.1. The lowest BCUT2D eigenvalue weighted by Gasteiger charge is -2.18. The highest BCUT2D eigenvalue weighted by molar-refractivity contribution is 6.31. The fourth-order valence-electron chi connectivity index (χ4n) is 2.00. The van der Waals surface area contributed by atoms with Gasteiger partial charge in [-0.2, -0.15) is 0 Å². The molecule has 25 heavy (non-hydrogen) atoms. The maximum atomic E-state index is 12.1. The van der Waals surface area contributed by atoms with Gasteiger partial charge in [0.1, 0.15) is 12.4 Å². The highest BCUT2D eigenvalue weighted by Crippen LogP contribution is 2.16. The van der Waals surface area contributed by atoms with E-state index in [1.165, 1.54) is 4.90 Å². The predicted molar refractivity (Wildman–Crippen MR) is 98.4 cm³/mol. The van der Waals surface area contributed by atoms with Crippen LogP contribution in [0.15, 0.2) is 48.5 Å². The first-order chi connectivity index (χ1) is 12.0. The van der Waals surface area contributed by atoms with Crippen molar-refractivity contribution in [1.29, 1.82) is 0 Å². The standard InChI is InChI=1S/C18H18Cl2N2O3/c1-22(8-9-25-16-7-3-6-15(20)11-16)17(23)12-21-18(24)13-4-2-5-14(19)10-13/h2-7,10-11H,8-9,12H2,1H3,(H,21,24). The van der Waals surface area contributed by atoms with Crippen LogP contribution in [0.5, 0.6) is 5.75 Å². The molecule has 0 bridgehead atoms. The second-order valence-electron chi connectivity index (χ2n) is 5.31. The Morgan fingerprint density at radius 1 is 1.08 bits per heavy atom. The van der Waals surface area contributed by atoms with Crippen LogP contribution in [0.4, 0.5) is 0 Å². The lowest BCUT2D eigenvalue weighted by Crippen LogP contribution is -2.39. The summed E-state index contributed by atoms with van der Waals surface area (Å²) in [6.45, 7) is 0.613. The van der Waals surface area contributed by atoms with E-state index in [4.69, 9.17) is 27.9 Å². The summed E-state index contributed by atoms with van der Waals surface area (Å²) in [6, 6.07) is 13.6. The molecular weight excluding hydrogens is 363 g/mol. The average Bonchev–Trinajstić information content (AvgIpc) is 2.59. The number of carbonyl (C=O) groups excluding carboxylic acids is 2. The molecule has 0 atom stereocenters. The first-order valence-electron chi connectivity index (χ1n) is 7.62. The zero-order valence-corrected chi connectivity index (χ0v) is 15.2. The molecule has 2 amide bonds. The molecule has 2 aromatic rings. The van der Waals surface area contributed by atoms with E-state index in [1.807, 2.05) is 0 Å². The van der Waals surface area contributed by atoms with Crippen LogP contribution in [0.25, 0.3) is 0 Å². The molecule has 0 saturated heterocycles. The third-order valence-electron chi connectivity index (χ3n) is 3.40. The summed E-state index contributed by atoms with van der Waals surface area (Å²) in [4.78, 5) is 25.5. The van der Waals surface area contributed by atoms with Gasteiger partial charge in [0.05, 0.1) is 13.1 Å². The molecule has 1 N–H and O–H groups in total. The minimum absolute atomic E-state index is 0.0982. The van der Waals surface area contributed by atoms with Crippen LogP contribution in [0.2, 0.25) is 10.0 Å². The number of nitrogens with one attached hydrogen (secondary N) is 1. The summed E-state index contributed by atoms with van der Waals surface area (Å²) >= 11 is 11.7. The number of rotatable bonds is 7. The van der Waals surface area contributed by atoms with E-state index < -0.39 is 0 Å².